The number of sulfonamides is 1. The molecule has 100 valence electrons. The van der Waals surface area contributed by atoms with Crippen LogP contribution in [0.3, 0.4) is 0 Å². The molecule has 0 saturated heterocycles. The van der Waals surface area contributed by atoms with Crippen LogP contribution in [0.2, 0.25) is 0 Å². The summed E-state index contributed by atoms with van der Waals surface area (Å²) in [6.07, 6.45) is 3.12. The second-order valence-corrected chi connectivity index (χ2v) is 6.02. The van der Waals surface area contributed by atoms with Gasteiger partial charge < -0.3 is 5.73 Å². The van der Waals surface area contributed by atoms with E-state index in [-0.39, 0.29) is 10.6 Å². The first-order valence-electron chi connectivity index (χ1n) is 5.51. The van der Waals surface area contributed by atoms with Gasteiger partial charge in [0.25, 0.3) is 0 Å². The van der Waals surface area contributed by atoms with Crippen LogP contribution in [0.1, 0.15) is 12.8 Å². The average molecular weight is 272 g/mol. The average Bonchev–Trinajstić information content (AvgIpc) is 2.27. The van der Waals surface area contributed by atoms with Crippen molar-refractivity contribution in [3.8, 4) is 0 Å². The summed E-state index contributed by atoms with van der Waals surface area (Å²) in [6, 6.07) is 3.30. The lowest BCUT2D eigenvalue weighted by Crippen LogP contribution is -2.28. The SMILES string of the molecule is C=CCCCN(C)S(=O)(=O)c1cc(N)cc(F)c1. The van der Waals surface area contributed by atoms with Crippen molar-refractivity contribution in [2.24, 2.45) is 0 Å². The van der Waals surface area contributed by atoms with Crippen LogP contribution in [0.15, 0.2) is 35.7 Å². The van der Waals surface area contributed by atoms with Gasteiger partial charge in [0.1, 0.15) is 5.82 Å². The number of hydrogen-bond acceptors (Lipinski definition) is 3. The highest BCUT2D eigenvalue weighted by Crippen LogP contribution is 2.19. The van der Waals surface area contributed by atoms with E-state index in [1.165, 1.54) is 17.4 Å². The van der Waals surface area contributed by atoms with E-state index >= 15 is 0 Å². The van der Waals surface area contributed by atoms with E-state index in [0.29, 0.717) is 13.0 Å². The van der Waals surface area contributed by atoms with E-state index in [0.717, 1.165) is 18.6 Å². The Balaban J connectivity index is 2.94. The first kappa shape index (κ1) is 14.7. The Hall–Kier alpha value is -1.40. The maximum atomic E-state index is 13.2. The van der Waals surface area contributed by atoms with Crippen molar-refractivity contribution in [3.63, 3.8) is 0 Å². The summed E-state index contributed by atoms with van der Waals surface area (Å²) in [5.74, 6) is -0.659. The molecule has 18 heavy (non-hydrogen) atoms. The number of benzene rings is 1. The Morgan fingerprint density at radius 3 is 2.67 bits per heavy atom. The molecule has 0 heterocycles. The van der Waals surface area contributed by atoms with E-state index in [1.807, 2.05) is 0 Å². The van der Waals surface area contributed by atoms with Gasteiger partial charge in [0.2, 0.25) is 10.0 Å². The maximum Gasteiger partial charge on any atom is 0.242 e. The van der Waals surface area contributed by atoms with Crippen molar-refractivity contribution >= 4 is 15.7 Å². The van der Waals surface area contributed by atoms with Crippen LogP contribution in [0.25, 0.3) is 0 Å². The normalized spacial score (nSPS) is 11.7. The molecule has 4 nitrogen and oxygen atoms in total. The molecular weight excluding hydrogens is 255 g/mol. The van der Waals surface area contributed by atoms with Crippen molar-refractivity contribution in [2.75, 3.05) is 19.3 Å². The fraction of sp³-hybridized carbons (Fsp3) is 0.333. The lowest BCUT2D eigenvalue weighted by Gasteiger charge is -2.17. The van der Waals surface area contributed by atoms with Crippen LogP contribution < -0.4 is 5.73 Å². The Morgan fingerprint density at radius 1 is 1.44 bits per heavy atom. The lowest BCUT2D eigenvalue weighted by atomic mass is 10.3. The van der Waals surface area contributed by atoms with Crippen molar-refractivity contribution in [1.82, 2.24) is 4.31 Å². The van der Waals surface area contributed by atoms with Gasteiger partial charge in [-0.2, -0.15) is 0 Å². The van der Waals surface area contributed by atoms with Crippen molar-refractivity contribution in [1.29, 1.82) is 0 Å². The molecule has 0 fully saturated rings. The number of halogens is 1. The van der Waals surface area contributed by atoms with E-state index in [4.69, 9.17) is 5.73 Å². The van der Waals surface area contributed by atoms with Gasteiger partial charge in [0.05, 0.1) is 4.90 Å². The lowest BCUT2D eigenvalue weighted by molar-refractivity contribution is 0.462. The molecule has 2 N–H and O–H groups in total. The van der Waals surface area contributed by atoms with E-state index < -0.39 is 15.8 Å². The first-order valence-corrected chi connectivity index (χ1v) is 6.95. The highest BCUT2D eigenvalue weighted by Gasteiger charge is 2.21. The molecule has 0 aliphatic rings. The fourth-order valence-corrected chi connectivity index (χ4v) is 2.77. The zero-order valence-corrected chi connectivity index (χ0v) is 11.1. The molecule has 1 rings (SSSR count). The summed E-state index contributed by atoms with van der Waals surface area (Å²) in [4.78, 5) is -0.124. The van der Waals surface area contributed by atoms with Crippen LogP contribution in [0, 0.1) is 5.82 Å². The van der Waals surface area contributed by atoms with Gasteiger partial charge in [-0.3, -0.25) is 0 Å². The molecule has 0 amide bonds. The predicted molar refractivity (Wildman–Crippen MR) is 70.1 cm³/mol. The standard InChI is InChI=1S/C12H17FN2O2S/c1-3-4-5-6-15(2)18(16,17)12-8-10(13)7-11(14)9-12/h3,7-9H,1,4-6,14H2,2H3. The number of rotatable bonds is 6. The molecule has 0 atom stereocenters. The number of unbranched alkanes of at least 4 members (excludes halogenated alkanes) is 1. The van der Waals surface area contributed by atoms with Crippen LogP contribution >= 0.6 is 0 Å². The summed E-state index contributed by atoms with van der Waals surface area (Å²) in [5.41, 5.74) is 5.53. The van der Waals surface area contributed by atoms with Crippen LogP contribution in [-0.2, 0) is 10.0 Å². The molecule has 0 radical (unpaired) electrons. The number of nitrogen functional groups attached to an aromatic ring is 1. The third kappa shape index (κ3) is 3.54. The van der Waals surface area contributed by atoms with Crippen LogP contribution in [0.4, 0.5) is 10.1 Å². The molecule has 6 heteroatoms. The highest BCUT2D eigenvalue weighted by atomic mass is 32.2. The monoisotopic (exact) mass is 272 g/mol. The molecule has 0 spiro atoms. The molecule has 1 aromatic rings. The van der Waals surface area contributed by atoms with E-state index in [1.54, 1.807) is 6.08 Å². The minimum Gasteiger partial charge on any atom is -0.399 e. The van der Waals surface area contributed by atoms with Gasteiger partial charge in [0, 0.05) is 19.3 Å². The van der Waals surface area contributed by atoms with Crippen molar-refractivity contribution in [2.45, 2.75) is 17.7 Å². The zero-order chi connectivity index (χ0) is 13.8. The summed E-state index contributed by atoms with van der Waals surface area (Å²) in [6.45, 7) is 3.92. The van der Waals surface area contributed by atoms with E-state index in [2.05, 4.69) is 6.58 Å². The van der Waals surface area contributed by atoms with Gasteiger partial charge >= 0.3 is 0 Å². The van der Waals surface area contributed by atoms with E-state index in [9.17, 15) is 12.8 Å². The Bertz CT molecular complexity index is 509. The minimum absolute atomic E-state index is 0.0908. The summed E-state index contributed by atoms with van der Waals surface area (Å²) in [5, 5.41) is 0. The Labute approximate surface area is 107 Å². The highest BCUT2D eigenvalue weighted by molar-refractivity contribution is 7.89. The third-order valence-electron chi connectivity index (χ3n) is 2.48. The molecule has 0 bridgehead atoms. The van der Waals surface area contributed by atoms with Gasteiger partial charge in [-0.1, -0.05) is 6.08 Å². The predicted octanol–water partition coefficient (Wildman–Crippen LogP) is 1.99. The van der Waals surface area contributed by atoms with Crippen LogP contribution in [0.5, 0.6) is 0 Å². The summed E-state index contributed by atoms with van der Waals surface area (Å²) < 4.78 is 38.6. The number of allylic oxidation sites excluding steroid dienone is 1. The van der Waals surface area contributed by atoms with Gasteiger partial charge in [-0.15, -0.1) is 6.58 Å². The molecule has 0 unspecified atom stereocenters. The molecule has 1 aromatic carbocycles. The second-order valence-electron chi connectivity index (χ2n) is 3.98. The Kier molecular flexibility index (Phi) is 4.86. The Morgan fingerprint density at radius 2 is 2.11 bits per heavy atom. The van der Waals surface area contributed by atoms with Crippen LogP contribution in [-0.4, -0.2) is 26.3 Å². The smallest absolute Gasteiger partial charge is 0.242 e. The first-order chi connectivity index (χ1) is 8.37. The third-order valence-corrected chi connectivity index (χ3v) is 4.32. The molecular formula is C12H17FN2O2S. The molecule has 0 saturated carbocycles. The van der Waals surface area contributed by atoms with Gasteiger partial charge in [-0.05, 0) is 31.0 Å². The molecule has 0 aliphatic heterocycles. The summed E-state index contributed by atoms with van der Waals surface area (Å²) >= 11 is 0. The molecule has 0 aromatic heterocycles. The van der Waals surface area contributed by atoms with Gasteiger partial charge in [-0.25, -0.2) is 17.1 Å². The topological polar surface area (TPSA) is 63.4 Å². The number of hydrogen-bond donors (Lipinski definition) is 1. The van der Waals surface area contributed by atoms with Crippen molar-refractivity contribution < 1.29 is 12.8 Å². The van der Waals surface area contributed by atoms with Crippen molar-refractivity contribution in [3.05, 3.63) is 36.7 Å². The second kappa shape index (κ2) is 5.97. The number of nitrogens with two attached hydrogens (primary N) is 1. The zero-order valence-electron chi connectivity index (χ0n) is 10.3. The number of nitrogens with zero attached hydrogens (tertiary/aromatic N) is 1. The summed E-state index contributed by atoms with van der Waals surface area (Å²) in [7, 11) is -2.23. The largest absolute Gasteiger partial charge is 0.399 e. The quantitative estimate of drug-likeness (QED) is 0.489. The fourth-order valence-electron chi connectivity index (χ4n) is 1.49. The molecule has 0 aliphatic carbocycles. The van der Waals surface area contributed by atoms with Gasteiger partial charge in [0.15, 0.2) is 0 Å². The number of anilines is 1. The maximum absolute atomic E-state index is 13.2. The minimum atomic E-state index is -3.69.